The summed E-state index contributed by atoms with van der Waals surface area (Å²) in [6, 6.07) is 3.78. The van der Waals surface area contributed by atoms with Gasteiger partial charge in [0.15, 0.2) is 0 Å². The molecule has 0 bridgehead atoms. The zero-order valence-corrected chi connectivity index (χ0v) is 20.1. The van der Waals surface area contributed by atoms with Crippen LogP contribution in [0.1, 0.15) is 23.7 Å². The number of alkyl halides is 6. The van der Waals surface area contributed by atoms with Crippen molar-refractivity contribution in [2.45, 2.75) is 37.1 Å². The first-order chi connectivity index (χ1) is 17.6. The summed E-state index contributed by atoms with van der Waals surface area (Å²) in [5.41, 5.74) is -1.21. The zero-order chi connectivity index (χ0) is 28.0. The Kier molecular flexibility index (Phi) is 6.62. The summed E-state index contributed by atoms with van der Waals surface area (Å²) in [6.07, 6.45) is -6.88. The molecule has 0 fully saturated rings. The fourth-order valence-corrected chi connectivity index (χ4v) is 4.63. The number of nitrogens with zero attached hydrogens (tertiary/aromatic N) is 6. The van der Waals surface area contributed by atoms with E-state index in [1.807, 2.05) is 6.07 Å². The number of rotatable bonds is 5. The number of fused-ring (bicyclic) bond motifs is 1. The number of nitriles is 1. The summed E-state index contributed by atoms with van der Waals surface area (Å²) in [5, 5.41) is 9.70. The van der Waals surface area contributed by atoms with Crippen LogP contribution in [0.15, 0.2) is 47.8 Å². The van der Waals surface area contributed by atoms with E-state index >= 15 is 0 Å². The van der Waals surface area contributed by atoms with Crippen molar-refractivity contribution >= 4 is 21.1 Å². The van der Waals surface area contributed by atoms with E-state index < -0.39 is 38.9 Å². The second-order valence-corrected chi connectivity index (χ2v) is 9.74. The van der Waals surface area contributed by atoms with Crippen molar-refractivity contribution in [1.82, 2.24) is 29.2 Å². The number of hydrogen-bond acceptors (Lipinski definition) is 7. The summed E-state index contributed by atoms with van der Waals surface area (Å²) >= 11 is 0. The van der Waals surface area contributed by atoms with Crippen LogP contribution in [0.4, 0.5) is 26.3 Å². The van der Waals surface area contributed by atoms with Crippen LogP contribution in [0.2, 0.25) is 0 Å². The first-order valence-corrected chi connectivity index (χ1v) is 12.0. The van der Waals surface area contributed by atoms with E-state index in [-0.39, 0.29) is 33.9 Å². The Morgan fingerprint density at radius 1 is 1.05 bits per heavy atom. The third-order valence-corrected chi connectivity index (χ3v) is 6.87. The number of sulfonamides is 1. The minimum absolute atomic E-state index is 0.0575. The molecule has 0 aliphatic carbocycles. The van der Waals surface area contributed by atoms with Gasteiger partial charge in [0.25, 0.3) is 0 Å². The maximum absolute atomic E-state index is 13.4. The minimum atomic E-state index is -4.83. The lowest BCUT2D eigenvalue weighted by Crippen LogP contribution is -2.42. The topological polar surface area (TPSA) is 126 Å². The number of nitrogens with one attached hydrogen (secondary N) is 1. The molecule has 198 valence electrons. The van der Waals surface area contributed by atoms with Crippen molar-refractivity contribution in [2.75, 3.05) is 0 Å². The van der Waals surface area contributed by atoms with Gasteiger partial charge in [-0.05, 0) is 38.1 Å². The van der Waals surface area contributed by atoms with Gasteiger partial charge in [-0.1, -0.05) is 0 Å². The first-order valence-electron chi connectivity index (χ1n) is 10.5. The molecule has 4 rings (SSSR count). The Balaban J connectivity index is 1.93. The third-order valence-electron chi connectivity index (χ3n) is 5.34. The normalized spacial score (nSPS) is 13.4. The van der Waals surface area contributed by atoms with Gasteiger partial charge in [0.05, 0.1) is 22.5 Å². The molecule has 4 heterocycles. The fraction of sp³-hybridized carbons (Fsp3) is 0.227. The smallest absolute Gasteiger partial charge is 0.259 e. The highest BCUT2D eigenvalue weighted by atomic mass is 32.2. The maximum Gasteiger partial charge on any atom is 0.417 e. The minimum Gasteiger partial charge on any atom is -0.259 e. The lowest BCUT2D eigenvalue weighted by atomic mass is 10.1. The van der Waals surface area contributed by atoms with Gasteiger partial charge in [-0.25, -0.2) is 23.4 Å². The Morgan fingerprint density at radius 3 is 2.32 bits per heavy atom. The standard InChI is InChI=1S/C22H15F6N7O2S/c1-11-5-6-30-20(33-11)35-18(16(8-29)15-7-13(22(26,27)28)9-32-19(15)35)17-4-3-14(10-31-17)38(36,37)34-12(2)21(23,24)25/h3-7,9-10,12,34H,1-2H3/t12-/m1/s1. The van der Waals surface area contributed by atoms with Crippen LogP contribution >= 0.6 is 0 Å². The Bertz CT molecular complexity index is 1670. The van der Waals surface area contributed by atoms with Gasteiger partial charge in [0.2, 0.25) is 16.0 Å². The van der Waals surface area contributed by atoms with E-state index in [9.17, 15) is 40.0 Å². The molecule has 0 aliphatic heterocycles. The summed E-state index contributed by atoms with van der Waals surface area (Å²) in [6.45, 7) is 2.25. The van der Waals surface area contributed by atoms with Crippen LogP contribution < -0.4 is 4.72 Å². The number of pyridine rings is 2. The largest absolute Gasteiger partial charge is 0.417 e. The fourth-order valence-electron chi connectivity index (χ4n) is 3.46. The average molecular weight is 555 g/mol. The van der Waals surface area contributed by atoms with Crippen LogP contribution in [-0.4, -0.2) is 45.1 Å². The molecule has 0 spiro atoms. The number of aryl methyl sites for hydroxylation is 1. The third kappa shape index (κ3) is 5.02. The highest BCUT2D eigenvalue weighted by molar-refractivity contribution is 7.89. The van der Waals surface area contributed by atoms with E-state index in [0.29, 0.717) is 18.8 Å². The van der Waals surface area contributed by atoms with Gasteiger partial charge in [-0.3, -0.25) is 9.55 Å². The molecule has 0 radical (unpaired) electrons. The van der Waals surface area contributed by atoms with Gasteiger partial charge in [0, 0.05) is 29.7 Å². The molecule has 1 N–H and O–H groups in total. The molecule has 1 atom stereocenters. The first kappa shape index (κ1) is 26.9. The Hall–Kier alpha value is -4.10. The number of aromatic nitrogens is 5. The Morgan fingerprint density at radius 2 is 1.76 bits per heavy atom. The zero-order valence-electron chi connectivity index (χ0n) is 19.3. The molecule has 0 aromatic carbocycles. The predicted octanol–water partition coefficient (Wildman–Crippen LogP) is 4.31. The molecule has 0 saturated carbocycles. The van der Waals surface area contributed by atoms with Crippen molar-refractivity contribution in [1.29, 1.82) is 5.26 Å². The molecule has 4 aromatic heterocycles. The molecule has 16 heteroatoms. The van der Waals surface area contributed by atoms with E-state index in [4.69, 9.17) is 0 Å². The van der Waals surface area contributed by atoms with Crippen LogP contribution in [0, 0.1) is 18.3 Å². The second-order valence-electron chi connectivity index (χ2n) is 8.03. The van der Waals surface area contributed by atoms with E-state index in [0.717, 1.165) is 24.4 Å². The lowest BCUT2D eigenvalue weighted by Gasteiger charge is -2.17. The van der Waals surface area contributed by atoms with Crippen molar-refractivity contribution < 1.29 is 34.8 Å². The van der Waals surface area contributed by atoms with Crippen LogP contribution in [0.25, 0.3) is 28.4 Å². The molecular weight excluding hydrogens is 540 g/mol. The molecular formula is C22H15F6N7O2S. The SMILES string of the molecule is Cc1ccnc(-n2c(-c3ccc(S(=O)(=O)N[C@H](C)C(F)(F)F)cn3)c(C#N)c3cc(C(F)(F)F)cnc32)n1. The summed E-state index contributed by atoms with van der Waals surface area (Å²) in [4.78, 5) is 15.6. The number of hydrogen-bond donors (Lipinski definition) is 1. The van der Waals surface area contributed by atoms with E-state index in [2.05, 4.69) is 19.9 Å². The highest BCUT2D eigenvalue weighted by Gasteiger charge is 2.39. The van der Waals surface area contributed by atoms with Gasteiger partial charge in [0.1, 0.15) is 22.7 Å². The van der Waals surface area contributed by atoms with Crippen molar-refractivity contribution in [3.05, 3.63) is 59.7 Å². The number of halogens is 6. The molecule has 0 unspecified atom stereocenters. The lowest BCUT2D eigenvalue weighted by molar-refractivity contribution is -0.147. The molecule has 4 aromatic rings. The summed E-state index contributed by atoms with van der Waals surface area (Å²) < 4.78 is 106. The molecule has 0 saturated heterocycles. The second kappa shape index (κ2) is 9.33. The van der Waals surface area contributed by atoms with Gasteiger partial charge >= 0.3 is 12.4 Å². The van der Waals surface area contributed by atoms with Crippen molar-refractivity contribution in [2.24, 2.45) is 0 Å². The van der Waals surface area contributed by atoms with Crippen molar-refractivity contribution in [3.63, 3.8) is 0 Å². The molecule has 38 heavy (non-hydrogen) atoms. The van der Waals surface area contributed by atoms with Gasteiger partial charge < -0.3 is 0 Å². The van der Waals surface area contributed by atoms with E-state index in [1.54, 1.807) is 13.0 Å². The molecule has 9 nitrogen and oxygen atoms in total. The average Bonchev–Trinajstić information content (AvgIpc) is 3.16. The van der Waals surface area contributed by atoms with Crippen LogP contribution in [-0.2, 0) is 16.2 Å². The molecule has 0 aliphatic rings. The Labute approximate surface area is 210 Å². The highest BCUT2D eigenvalue weighted by Crippen LogP contribution is 2.37. The van der Waals surface area contributed by atoms with E-state index in [1.165, 1.54) is 15.5 Å². The maximum atomic E-state index is 13.4. The quantitative estimate of drug-likeness (QED) is 0.364. The summed E-state index contributed by atoms with van der Waals surface area (Å²) in [7, 11) is -4.64. The van der Waals surface area contributed by atoms with Crippen LogP contribution in [0.5, 0.6) is 0 Å². The van der Waals surface area contributed by atoms with Crippen molar-refractivity contribution in [3.8, 4) is 23.4 Å². The summed E-state index contributed by atoms with van der Waals surface area (Å²) in [5.74, 6) is -0.0575. The van der Waals surface area contributed by atoms with Crippen LogP contribution in [0.3, 0.4) is 0 Å². The monoisotopic (exact) mass is 555 g/mol. The van der Waals surface area contributed by atoms with Gasteiger partial charge in [-0.2, -0.15) is 36.3 Å². The molecule has 0 amide bonds. The predicted molar refractivity (Wildman–Crippen MR) is 120 cm³/mol. The van der Waals surface area contributed by atoms with Gasteiger partial charge in [-0.15, -0.1) is 0 Å².